The Morgan fingerprint density at radius 3 is 2.61 bits per heavy atom. The minimum absolute atomic E-state index is 0.206. The summed E-state index contributed by atoms with van der Waals surface area (Å²) in [7, 11) is 3.82. The molecule has 23 heavy (non-hydrogen) atoms. The summed E-state index contributed by atoms with van der Waals surface area (Å²) >= 11 is 0. The normalized spacial score (nSPS) is 10.8. The van der Waals surface area contributed by atoms with Crippen LogP contribution < -0.4 is 0 Å². The van der Waals surface area contributed by atoms with Crippen LogP contribution in [-0.2, 0) is 18.3 Å². The van der Waals surface area contributed by atoms with Crippen molar-refractivity contribution in [3.63, 3.8) is 0 Å². The number of nitrogens with zero attached hydrogens (tertiary/aromatic N) is 3. The second kappa shape index (κ2) is 7.95. The van der Waals surface area contributed by atoms with E-state index in [2.05, 4.69) is 43.2 Å². The van der Waals surface area contributed by atoms with E-state index in [0.717, 1.165) is 42.6 Å². The van der Waals surface area contributed by atoms with Crippen LogP contribution in [0.2, 0.25) is 0 Å². The van der Waals surface area contributed by atoms with Crippen LogP contribution in [0.15, 0.2) is 30.5 Å². The van der Waals surface area contributed by atoms with E-state index in [0.29, 0.717) is 6.42 Å². The molecule has 0 aliphatic carbocycles. The third-order valence-corrected chi connectivity index (χ3v) is 4.11. The summed E-state index contributed by atoms with van der Waals surface area (Å²) in [5, 5.41) is 4.57. The summed E-state index contributed by atoms with van der Waals surface area (Å²) in [5.74, 6) is 0.206. The zero-order valence-electron chi connectivity index (χ0n) is 14.7. The van der Waals surface area contributed by atoms with Gasteiger partial charge in [0.2, 0.25) is 5.91 Å². The van der Waals surface area contributed by atoms with Crippen molar-refractivity contribution in [1.29, 1.82) is 0 Å². The molecule has 0 spiro atoms. The number of aromatic nitrogens is 2. The van der Waals surface area contributed by atoms with E-state index < -0.39 is 0 Å². The first-order valence-corrected chi connectivity index (χ1v) is 8.34. The molecule has 0 atom stereocenters. The highest BCUT2D eigenvalue weighted by atomic mass is 16.2. The Labute approximate surface area is 139 Å². The smallest absolute Gasteiger partial charge is 0.222 e. The zero-order valence-corrected chi connectivity index (χ0v) is 14.7. The van der Waals surface area contributed by atoms with Gasteiger partial charge in [-0.2, -0.15) is 5.10 Å². The first-order valence-electron chi connectivity index (χ1n) is 8.34. The van der Waals surface area contributed by atoms with Crippen LogP contribution >= 0.6 is 0 Å². The number of amides is 1. The summed E-state index contributed by atoms with van der Waals surface area (Å²) in [6.07, 6.45) is 5.45. The maximum Gasteiger partial charge on any atom is 0.222 e. The first-order chi connectivity index (χ1) is 11.0. The quantitative estimate of drug-likeness (QED) is 0.783. The molecule has 0 unspecified atom stereocenters. The molecule has 4 heteroatoms. The van der Waals surface area contributed by atoms with Gasteiger partial charge in [-0.05, 0) is 25.3 Å². The molecule has 0 saturated carbocycles. The highest BCUT2D eigenvalue weighted by Crippen LogP contribution is 2.23. The van der Waals surface area contributed by atoms with Gasteiger partial charge in [0, 0.05) is 38.8 Å². The molecule has 1 aromatic heterocycles. The van der Waals surface area contributed by atoms with Gasteiger partial charge in [0.25, 0.3) is 0 Å². The van der Waals surface area contributed by atoms with Gasteiger partial charge >= 0.3 is 0 Å². The van der Waals surface area contributed by atoms with E-state index >= 15 is 0 Å². The van der Waals surface area contributed by atoms with Crippen LogP contribution in [0.25, 0.3) is 11.3 Å². The van der Waals surface area contributed by atoms with Gasteiger partial charge in [0.05, 0.1) is 5.69 Å². The molecule has 4 nitrogen and oxygen atoms in total. The molecule has 1 aromatic carbocycles. The maximum atomic E-state index is 12.2. The largest absolute Gasteiger partial charge is 0.346 e. The van der Waals surface area contributed by atoms with Crippen molar-refractivity contribution in [1.82, 2.24) is 14.7 Å². The fraction of sp³-hybridized carbons (Fsp3) is 0.474. The van der Waals surface area contributed by atoms with Gasteiger partial charge in [-0.15, -0.1) is 0 Å². The second-order valence-corrected chi connectivity index (χ2v) is 6.21. The molecule has 2 aromatic rings. The van der Waals surface area contributed by atoms with E-state index in [1.165, 1.54) is 5.56 Å². The fourth-order valence-corrected chi connectivity index (χ4v) is 2.63. The highest BCUT2D eigenvalue weighted by Gasteiger charge is 2.13. The van der Waals surface area contributed by atoms with Crippen molar-refractivity contribution < 1.29 is 4.79 Å². The summed E-state index contributed by atoms with van der Waals surface area (Å²) < 4.78 is 1.83. The molecule has 1 amide bonds. The molecule has 1 heterocycles. The van der Waals surface area contributed by atoms with Gasteiger partial charge in [-0.1, -0.05) is 43.2 Å². The van der Waals surface area contributed by atoms with Crippen LogP contribution in [0.1, 0.15) is 37.3 Å². The monoisotopic (exact) mass is 313 g/mol. The summed E-state index contributed by atoms with van der Waals surface area (Å²) in [4.78, 5) is 14.1. The average molecular weight is 313 g/mol. The Kier molecular flexibility index (Phi) is 5.97. The second-order valence-electron chi connectivity index (χ2n) is 6.21. The van der Waals surface area contributed by atoms with Gasteiger partial charge in [0.1, 0.15) is 0 Å². The zero-order chi connectivity index (χ0) is 16.8. The molecule has 124 valence electrons. The topological polar surface area (TPSA) is 38.1 Å². The molecule has 0 radical (unpaired) electrons. The number of carbonyl (C=O) groups excluding carboxylic acids is 1. The van der Waals surface area contributed by atoms with Crippen LogP contribution in [0.3, 0.4) is 0 Å². The highest BCUT2D eigenvalue weighted by molar-refractivity contribution is 5.76. The lowest BCUT2D eigenvalue weighted by Crippen LogP contribution is -2.27. The molecule has 0 saturated heterocycles. The van der Waals surface area contributed by atoms with E-state index in [4.69, 9.17) is 0 Å². The Morgan fingerprint density at radius 2 is 1.96 bits per heavy atom. The average Bonchev–Trinajstić information content (AvgIpc) is 2.91. The van der Waals surface area contributed by atoms with E-state index in [-0.39, 0.29) is 5.91 Å². The van der Waals surface area contributed by atoms with Crippen molar-refractivity contribution >= 4 is 5.91 Å². The number of hydrogen-bond donors (Lipinski definition) is 0. The number of unbranched alkanes of at least 4 members (excludes halogenated alkanes) is 1. The number of carbonyl (C=O) groups is 1. The van der Waals surface area contributed by atoms with Crippen LogP contribution in [0.5, 0.6) is 0 Å². The lowest BCUT2D eigenvalue weighted by molar-refractivity contribution is -0.129. The van der Waals surface area contributed by atoms with E-state index in [1.54, 1.807) is 0 Å². The SMILES string of the molecule is CCCCN(C)C(=O)CCc1cn(C)nc1-c1ccc(C)cc1. The third-order valence-electron chi connectivity index (χ3n) is 4.11. The fourth-order valence-electron chi connectivity index (χ4n) is 2.63. The van der Waals surface area contributed by atoms with Crippen LogP contribution in [-0.4, -0.2) is 34.2 Å². The van der Waals surface area contributed by atoms with Crippen molar-refractivity contribution in [2.45, 2.75) is 39.5 Å². The Hall–Kier alpha value is -2.10. The summed E-state index contributed by atoms with van der Waals surface area (Å²) in [6, 6.07) is 8.38. The number of benzene rings is 1. The summed E-state index contributed by atoms with van der Waals surface area (Å²) in [5.41, 5.74) is 4.46. The lowest BCUT2D eigenvalue weighted by Gasteiger charge is -2.16. The number of rotatable bonds is 7. The van der Waals surface area contributed by atoms with Crippen molar-refractivity contribution in [2.24, 2.45) is 7.05 Å². The molecule has 0 bridgehead atoms. The van der Waals surface area contributed by atoms with Crippen molar-refractivity contribution in [3.05, 3.63) is 41.6 Å². The van der Waals surface area contributed by atoms with Crippen LogP contribution in [0.4, 0.5) is 0 Å². The summed E-state index contributed by atoms with van der Waals surface area (Å²) in [6.45, 7) is 5.06. The molecule has 0 N–H and O–H groups in total. The Morgan fingerprint density at radius 1 is 1.26 bits per heavy atom. The first kappa shape index (κ1) is 17.3. The molecule has 0 aliphatic heterocycles. The van der Waals surface area contributed by atoms with Gasteiger partial charge < -0.3 is 4.90 Å². The standard InChI is InChI=1S/C19H27N3O/c1-5-6-13-21(3)18(23)12-11-17-14-22(4)20-19(17)16-9-7-15(2)8-10-16/h7-10,14H,5-6,11-13H2,1-4H3. The lowest BCUT2D eigenvalue weighted by atomic mass is 10.0. The molecular weight excluding hydrogens is 286 g/mol. The van der Waals surface area contributed by atoms with Gasteiger partial charge in [-0.3, -0.25) is 9.48 Å². The maximum absolute atomic E-state index is 12.2. The number of hydrogen-bond acceptors (Lipinski definition) is 2. The molecule has 0 fully saturated rings. The predicted molar refractivity (Wildman–Crippen MR) is 94.2 cm³/mol. The number of aryl methyl sites for hydroxylation is 3. The van der Waals surface area contributed by atoms with Crippen molar-refractivity contribution in [2.75, 3.05) is 13.6 Å². The third kappa shape index (κ3) is 4.68. The van der Waals surface area contributed by atoms with Gasteiger partial charge in [0.15, 0.2) is 0 Å². The van der Waals surface area contributed by atoms with Crippen LogP contribution in [0, 0.1) is 6.92 Å². The van der Waals surface area contributed by atoms with E-state index in [9.17, 15) is 4.79 Å². The minimum atomic E-state index is 0.206. The Balaban J connectivity index is 2.06. The Bertz CT molecular complexity index is 643. The van der Waals surface area contributed by atoms with Gasteiger partial charge in [-0.25, -0.2) is 0 Å². The van der Waals surface area contributed by atoms with E-state index in [1.807, 2.05) is 29.9 Å². The molecule has 0 aliphatic rings. The molecule has 2 rings (SSSR count). The minimum Gasteiger partial charge on any atom is -0.346 e. The predicted octanol–water partition coefficient (Wildman–Crippen LogP) is 3.59. The van der Waals surface area contributed by atoms with Crippen molar-refractivity contribution in [3.8, 4) is 11.3 Å². The molecular formula is C19H27N3O.